The van der Waals surface area contributed by atoms with E-state index < -0.39 is 0 Å². The molecule has 2 saturated carbocycles. The summed E-state index contributed by atoms with van der Waals surface area (Å²) in [4.78, 5) is 14.2. The Balaban J connectivity index is 1.25. The molecular formula is C18H28N2O. The molecule has 4 aliphatic rings. The van der Waals surface area contributed by atoms with Gasteiger partial charge in [-0.15, -0.1) is 0 Å². The Hall–Kier alpha value is -0.830. The average Bonchev–Trinajstić information content (AvgIpc) is 3.14. The minimum atomic E-state index is 0.384. The van der Waals surface area contributed by atoms with Crippen molar-refractivity contribution < 1.29 is 4.79 Å². The largest absolute Gasteiger partial charge is 0.342 e. The van der Waals surface area contributed by atoms with Crippen molar-refractivity contribution in [2.45, 2.75) is 57.5 Å². The van der Waals surface area contributed by atoms with Crippen molar-refractivity contribution in [1.29, 1.82) is 0 Å². The summed E-state index contributed by atoms with van der Waals surface area (Å²) in [5.41, 5.74) is 0. The molecule has 0 aromatic carbocycles. The third kappa shape index (κ3) is 2.77. The second kappa shape index (κ2) is 5.42. The van der Waals surface area contributed by atoms with Crippen molar-refractivity contribution in [2.75, 3.05) is 13.1 Å². The number of carbonyl (C=O) groups excluding carboxylic acids is 1. The Morgan fingerprint density at radius 1 is 1.14 bits per heavy atom. The van der Waals surface area contributed by atoms with Crippen LogP contribution in [0.4, 0.5) is 0 Å². The van der Waals surface area contributed by atoms with E-state index in [2.05, 4.69) is 29.3 Å². The first-order valence-electron chi connectivity index (χ1n) is 8.94. The quantitative estimate of drug-likeness (QED) is 0.806. The maximum absolute atomic E-state index is 12.1. The number of piperidine rings is 1. The number of allylic oxidation sites excluding steroid dienone is 2. The molecule has 3 aliphatic carbocycles. The van der Waals surface area contributed by atoms with E-state index in [9.17, 15) is 4.79 Å². The highest BCUT2D eigenvalue weighted by Crippen LogP contribution is 2.45. The molecule has 1 heterocycles. The number of carbonyl (C=O) groups is 1. The van der Waals surface area contributed by atoms with Crippen LogP contribution < -0.4 is 5.32 Å². The number of rotatable bonds is 4. The van der Waals surface area contributed by atoms with Gasteiger partial charge in [-0.1, -0.05) is 12.2 Å². The molecule has 116 valence electrons. The van der Waals surface area contributed by atoms with Crippen LogP contribution in [-0.2, 0) is 4.79 Å². The molecule has 3 fully saturated rings. The lowest BCUT2D eigenvalue weighted by atomic mass is 9.86. The minimum Gasteiger partial charge on any atom is -0.342 e. The van der Waals surface area contributed by atoms with E-state index in [1.807, 2.05) is 0 Å². The average molecular weight is 288 g/mol. The Morgan fingerprint density at radius 2 is 1.90 bits per heavy atom. The Kier molecular flexibility index (Phi) is 3.56. The lowest BCUT2D eigenvalue weighted by Gasteiger charge is -2.36. The van der Waals surface area contributed by atoms with Gasteiger partial charge in [0.25, 0.3) is 0 Å². The third-order valence-electron chi connectivity index (χ3n) is 6.20. The van der Waals surface area contributed by atoms with Crippen molar-refractivity contribution in [3.8, 4) is 0 Å². The number of fused-ring (bicyclic) bond motifs is 2. The van der Waals surface area contributed by atoms with Gasteiger partial charge < -0.3 is 10.2 Å². The first-order chi connectivity index (χ1) is 10.2. The first-order valence-corrected chi connectivity index (χ1v) is 8.94. The molecule has 4 unspecified atom stereocenters. The molecule has 1 amide bonds. The van der Waals surface area contributed by atoms with E-state index in [0.717, 1.165) is 56.5 Å². The lowest BCUT2D eigenvalue weighted by Crippen LogP contribution is -2.49. The molecule has 2 bridgehead atoms. The fourth-order valence-electron chi connectivity index (χ4n) is 4.75. The van der Waals surface area contributed by atoms with Crippen LogP contribution in [0.1, 0.15) is 45.4 Å². The summed E-state index contributed by atoms with van der Waals surface area (Å²) in [5, 5.41) is 3.88. The monoisotopic (exact) mass is 288 g/mol. The highest BCUT2D eigenvalue weighted by Gasteiger charge is 2.39. The summed E-state index contributed by atoms with van der Waals surface area (Å²) in [5.74, 6) is 3.34. The normalized spacial score (nSPS) is 37.2. The zero-order valence-electron chi connectivity index (χ0n) is 13.1. The predicted molar refractivity (Wildman–Crippen MR) is 83.8 cm³/mol. The lowest BCUT2D eigenvalue weighted by molar-refractivity contribution is -0.133. The van der Waals surface area contributed by atoms with Gasteiger partial charge >= 0.3 is 0 Å². The van der Waals surface area contributed by atoms with Gasteiger partial charge in [-0.3, -0.25) is 4.79 Å². The molecule has 0 radical (unpaired) electrons. The van der Waals surface area contributed by atoms with Gasteiger partial charge in [-0.05, 0) is 63.2 Å². The van der Waals surface area contributed by atoms with Crippen LogP contribution in [0.2, 0.25) is 0 Å². The molecule has 1 saturated heterocycles. The Morgan fingerprint density at radius 3 is 2.48 bits per heavy atom. The molecule has 3 heteroatoms. The van der Waals surface area contributed by atoms with E-state index >= 15 is 0 Å². The second-order valence-electron chi connectivity index (χ2n) is 7.77. The number of nitrogens with one attached hydrogen (secondary N) is 1. The van der Waals surface area contributed by atoms with E-state index in [1.54, 1.807) is 0 Å². The zero-order chi connectivity index (χ0) is 14.4. The van der Waals surface area contributed by atoms with Crippen LogP contribution >= 0.6 is 0 Å². The van der Waals surface area contributed by atoms with E-state index in [1.165, 1.54) is 12.8 Å². The highest BCUT2D eigenvalue weighted by molar-refractivity contribution is 5.81. The molecule has 21 heavy (non-hydrogen) atoms. The topological polar surface area (TPSA) is 32.3 Å². The van der Waals surface area contributed by atoms with Crippen LogP contribution in [-0.4, -0.2) is 36.0 Å². The van der Waals surface area contributed by atoms with Gasteiger partial charge in [0.2, 0.25) is 5.91 Å². The van der Waals surface area contributed by atoms with Crippen molar-refractivity contribution in [2.24, 2.45) is 23.7 Å². The van der Waals surface area contributed by atoms with Gasteiger partial charge in [0.1, 0.15) is 0 Å². The molecule has 4 rings (SSSR count). The van der Waals surface area contributed by atoms with Gasteiger partial charge in [0.15, 0.2) is 0 Å². The summed E-state index contributed by atoms with van der Waals surface area (Å²) in [7, 11) is 0. The summed E-state index contributed by atoms with van der Waals surface area (Å²) in [6, 6.07) is 1.24. The fourth-order valence-corrected chi connectivity index (χ4v) is 4.75. The van der Waals surface area contributed by atoms with E-state index in [4.69, 9.17) is 0 Å². The molecule has 3 nitrogen and oxygen atoms in total. The second-order valence-corrected chi connectivity index (χ2v) is 7.77. The summed E-state index contributed by atoms with van der Waals surface area (Å²) in [6.07, 6.45) is 12.2. The van der Waals surface area contributed by atoms with Crippen molar-refractivity contribution in [1.82, 2.24) is 10.2 Å². The molecule has 4 atom stereocenters. The number of hydrogen-bond donors (Lipinski definition) is 1. The van der Waals surface area contributed by atoms with Crippen LogP contribution in [0.25, 0.3) is 0 Å². The van der Waals surface area contributed by atoms with Crippen LogP contribution in [0.3, 0.4) is 0 Å². The van der Waals surface area contributed by atoms with Gasteiger partial charge in [0.05, 0.1) is 0 Å². The molecule has 1 aliphatic heterocycles. The predicted octanol–water partition coefficient (Wildman–Crippen LogP) is 2.58. The maximum Gasteiger partial charge on any atom is 0.225 e. The van der Waals surface area contributed by atoms with Crippen molar-refractivity contribution in [3.63, 3.8) is 0 Å². The number of hydrogen-bond acceptors (Lipinski definition) is 2. The van der Waals surface area contributed by atoms with Crippen molar-refractivity contribution in [3.05, 3.63) is 12.2 Å². The SMILES string of the molecule is CC(NC1CCN(C(=O)C2CC2)CC1)C1CC2C=CC1C2. The fraction of sp³-hybridized carbons (Fsp3) is 0.833. The Bertz CT molecular complexity index is 434. The molecule has 0 spiro atoms. The molecular weight excluding hydrogens is 260 g/mol. The van der Waals surface area contributed by atoms with E-state index in [-0.39, 0.29) is 0 Å². The van der Waals surface area contributed by atoms with Gasteiger partial charge in [-0.25, -0.2) is 0 Å². The smallest absolute Gasteiger partial charge is 0.225 e. The number of nitrogens with zero attached hydrogens (tertiary/aromatic N) is 1. The highest BCUT2D eigenvalue weighted by atomic mass is 16.2. The van der Waals surface area contributed by atoms with Crippen LogP contribution in [0.15, 0.2) is 12.2 Å². The van der Waals surface area contributed by atoms with Crippen LogP contribution in [0, 0.1) is 23.7 Å². The molecule has 0 aromatic rings. The van der Waals surface area contributed by atoms with Gasteiger partial charge in [-0.2, -0.15) is 0 Å². The maximum atomic E-state index is 12.1. The number of likely N-dealkylation sites (tertiary alicyclic amines) is 1. The van der Waals surface area contributed by atoms with Gasteiger partial charge in [0, 0.05) is 31.1 Å². The summed E-state index contributed by atoms with van der Waals surface area (Å²) in [6.45, 7) is 4.31. The summed E-state index contributed by atoms with van der Waals surface area (Å²) < 4.78 is 0. The van der Waals surface area contributed by atoms with Crippen LogP contribution in [0.5, 0.6) is 0 Å². The standard InChI is InChI=1S/C18H28N2O/c1-12(17-11-13-2-3-15(17)10-13)19-16-6-8-20(9-7-16)18(21)14-4-5-14/h2-3,12-17,19H,4-11H2,1H3. The summed E-state index contributed by atoms with van der Waals surface area (Å²) >= 11 is 0. The number of amides is 1. The van der Waals surface area contributed by atoms with Crippen molar-refractivity contribution >= 4 is 5.91 Å². The first kappa shape index (κ1) is 13.8. The minimum absolute atomic E-state index is 0.384. The zero-order valence-corrected chi connectivity index (χ0v) is 13.1. The van der Waals surface area contributed by atoms with E-state index in [0.29, 0.717) is 23.9 Å². The molecule has 0 aromatic heterocycles. The third-order valence-corrected chi connectivity index (χ3v) is 6.20. The molecule has 1 N–H and O–H groups in total. The Labute approximate surface area is 128 Å².